The molecule has 6 unspecified atom stereocenters. The summed E-state index contributed by atoms with van der Waals surface area (Å²) in [7, 11) is 6.06. The first kappa shape index (κ1) is 109. The zero-order valence-corrected chi connectivity index (χ0v) is 96.1. The van der Waals surface area contributed by atoms with Gasteiger partial charge in [0.05, 0.1) is 82.9 Å². The molecule has 0 radical (unpaired) electrons. The van der Waals surface area contributed by atoms with Gasteiger partial charge in [-0.15, -0.1) is 0 Å². The van der Waals surface area contributed by atoms with Gasteiger partial charge >= 0.3 is 23.9 Å². The van der Waals surface area contributed by atoms with E-state index in [-0.39, 0.29) is 230 Å². The van der Waals surface area contributed by atoms with Crippen molar-refractivity contribution in [1.82, 2.24) is 26.3 Å². The van der Waals surface area contributed by atoms with E-state index in [2.05, 4.69) is 200 Å². The van der Waals surface area contributed by atoms with E-state index in [1.807, 2.05) is 32.3 Å². The number of nitrogens with zero attached hydrogens (tertiary/aromatic N) is 5. The first-order valence-electron chi connectivity index (χ1n) is 58.1. The van der Waals surface area contributed by atoms with Crippen LogP contribution in [0, 0.1) is 230 Å². The Kier molecular flexibility index (Phi) is 26.9. The number of aromatic nitrogens is 2. The van der Waals surface area contributed by atoms with Crippen LogP contribution < -0.4 is 16.0 Å². The molecule has 3 amide bonds. The number of esters is 4. The van der Waals surface area contributed by atoms with E-state index in [0.717, 1.165) is 197 Å². The van der Waals surface area contributed by atoms with E-state index in [9.17, 15) is 48.7 Å². The average molecular weight is 2050 g/mol. The minimum absolute atomic E-state index is 0.00388. The topological polar surface area (TPSA) is 323 Å². The Morgan fingerprint density at radius 2 is 0.779 bits per heavy atom. The highest BCUT2D eigenvalue weighted by Gasteiger charge is 2.76. The van der Waals surface area contributed by atoms with Gasteiger partial charge in [-0.3, -0.25) is 33.6 Å². The summed E-state index contributed by atoms with van der Waals surface area (Å²) in [5.74, 6) is 7.16. The standard InChI is InChI=1S/C32H48N2O4.2C31H46N2O4.C31H44N2O4/c1-27(2)11-13-32(26(35)37-8)14-12-31(7)24(20(32)17-27)21(34-36)15-23-29(5)16-19-18-33-38-25(19)28(3,4)22(29)9-10-30(23,31)6;1-28(2)14-19-18(20(15-28)27(35)36-7)8-9-21-25(19)33-24(34)12-23-30(21,5)11-10-22-29(3,4)26-17(16-32-37-26)13-31(22,23)6;2*1-28(2)14-18-17(19(15-28)27(36)37-8)9-10-20-25(18)33-24(34)13-23-30(20,5)12-11-22-29(3,4)26(35)21(32-7)16-31(22,23)6/h18,20,22-24,36H,9-17H2,1-8H3;16,18-23,25H,8-15H2,1-7H3,(H,33,34);17-20,22-23,25,35H,9-16H2,1-6,8H3,(H,33,34);16-20,22-23,25H,9-15H2,1-6,8H3,(H,33,34)/t20-,22-,23+,24-,29-,30+,31+,32-;18?,19-,20?,21-,22+,23+,25-,30+,31+;2*17?,18-,19?,20-,22+,23+,25-,30+,31+/m0111/s1. The Hall–Kier alpha value is -7.89. The monoisotopic (exact) mass is 2050 g/mol. The van der Waals surface area contributed by atoms with Crippen LogP contribution in [0.2, 0.25) is 0 Å². The van der Waals surface area contributed by atoms with Crippen LogP contribution in [0.15, 0.2) is 49.8 Å². The Morgan fingerprint density at radius 1 is 0.389 bits per heavy atom. The van der Waals surface area contributed by atoms with Crippen molar-refractivity contribution in [2.45, 2.75) is 408 Å². The van der Waals surface area contributed by atoms with Gasteiger partial charge < -0.3 is 59.1 Å². The Bertz CT molecular complexity index is 5850. The SMILES string of the molecule is COC(=O)C1CC(C)(C)C[C@@H]2C1CC[C@@H]1[C@@H]2NC(=O)C[C@H]2[C@@]1(C)CC[C@H]1C(C)(C)c3oncc3C[C@]21C.COC(=O)[C@]12CCC(C)(C)C[C@H]1[C@H]1C(=NO)C[C@@H]3[C@@]4(C)Cc5cnoc5C(C)(C)[C@@H]4CC[C@@]3(C)[C@]1(C)CC2.[C-]#[N+]C1=C(O)C(C)(C)[C@@H]2CC[C@]3(C)[C@H](CC(=O)N[C@@H]4[C@@H]5CC(C)(C)CC(C(=O)OC)C5CC[C@H]43)[C@@]2(C)C1.[C-]#[N+]C1=C[C@]2(C)[C@H]3CC(=O)N[C@@H]4[C@@H]5CC(C)(C)CC(C(=O)OC)C5CC[C@H]4[C@]3(C)CC[C@H]2C(C)(C)C1=O. The Balaban J connectivity index is 0.000000125. The van der Waals surface area contributed by atoms with Crippen molar-refractivity contribution in [3.63, 3.8) is 0 Å². The minimum Gasteiger partial charge on any atom is -0.523 e. The first-order chi connectivity index (χ1) is 69.4. The number of methoxy groups -OCH3 is 4. The number of rotatable bonds is 4. The van der Waals surface area contributed by atoms with Crippen molar-refractivity contribution < 1.29 is 76.7 Å². The van der Waals surface area contributed by atoms with Gasteiger partial charge in [0.2, 0.25) is 29.1 Å². The smallest absolute Gasteiger partial charge is 0.312 e. The van der Waals surface area contributed by atoms with Crippen molar-refractivity contribution in [3.05, 3.63) is 81.1 Å². The van der Waals surface area contributed by atoms with Gasteiger partial charge in [-0.25, -0.2) is 9.69 Å². The summed E-state index contributed by atoms with van der Waals surface area (Å²) in [6.45, 7) is 73.2. The van der Waals surface area contributed by atoms with E-state index < -0.39 is 21.7 Å². The highest BCUT2D eigenvalue weighted by Crippen LogP contribution is 2.80. The second-order valence-electron chi connectivity index (χ2n) is 60.9. The molecule has 5 N–H and O–H groups in total. The van der Waals surface area contributed by atoms with Crippen LogP contribution >= 0.6 is 0 Å². The molecule has 24 nitrogen and oxygen atoms in total. The maximum absolute atomic E-state index is 13.8. The summed E-state index contributed by atoms with van der Waals surface area (Å²) < 4.78 is 33.0. The van der Waals surface area contributed by atoms with E-state index in [0.29, 0.717) is 84.6 Å². The quantitative estimate of drug-likeness (QED) is 0.0624. The molecule has 20 aliphatic rings. The van der Waals surface area contributed by atoms with Gasteiger partial charge in [-0.1, -0.05) is 195 Å². The highest BCUT2D eigenvalue weighted by atomic mass is 16.5. The molecule has 3 saturated heterocycles. The zero-order chi connectivity index (χ0) is 108. The van der Waals surface area contributed by atoms with Crippen molar-refractivity contribution in [3.8, 4) is 0 Å². The van der Waals surface area contributed by atoms with Crippen LogP contribution in [0.1, 0.15) is 388 Å². The molecule has 16 fully saturated rings. The molecule has 3 aliphatic heterocycles. The molecular formula is C125H184N8O16. The van der Waals surface area contributed by atoms with Gasteiger partial charge in [-0.05, 0) is 363 Å². The number of ketones is 1. The molecular weight excluding hydrogens is 1870 g/mol. The molecule has 2 aromatic heterocycles. The summed E-state index contributed by atoms with van der Waals surface area (Å²) in [4.78, 5) is 114. The number of nitrogens with one attached hydrogen (secondary N) is 3. The molecule has 17 aliphatic carbocycles. The largest absolute Gasteiger partial charge is 0.523 e. The highest BCUT2D eigenvalue weighted by molar-refractivity contribution is 6.02. The molecule has 24 heteroatoms. The van der Waals surface area contributed by atoms with Gasteiger partial charge in [-0.2, -0.15) is 0 Å². The van der Waals surface area contributed by atoms with Gasteiger partial charge in [0.25, 0.3) is 0 Å². The van der Waals surface area contributed by atoms with Crippen LogP contribution in [0.25, 0.3) is 9.69 Å². The number of allylic oxidation sites excluding steroid dienone is 4. The lowest BCUT2D eigenvalue weighted by molar-refractivity contribution is -0.213. The van der Waals surface area contributed by atoms with E-state index in [4.69, 9.17) is 41.1 Å². The lowest BCUT2D eigenvalue weighted by Crippen LogP contribution is -2.69. The van der Waals surface area contributed by atoms with Crippen LogP contribution in [-0.2, 0) is 81.0 Å². The summed E-state index contributed by atoms with van der Waals surface area (Å²) in [5.41, 5.74) is 1.99. The molecule has 35 atom stereocenters. The number of aliphatic hydroxyl groups excluding tert-OH is 1. The third-order valence-corrected chi connectivity index (χ3v) is 50.3. The van der Waals surface area contributed by atoms with Crippen LogP contribution in [0.3, 0.4) is 0 Å². The molecule has 149 heavy (non-hydrogen) atoms. The molecule has 13 saturated carbocycles. The third-order valence-electron chi connectivity index (χ3n) is 50.3. The van der Waals surface area contributed by atoms with Crippen molar-refractivity contribution in [2.24, 2.45) is 222 Å². The van der Waals surface area contributed by atoms with Crippen molar-refractivity contribution in [1.29, 1.82) is 0 Å². The number of oxime groups is 1. The second-order valence-corrected chi connectivity index (χ2v) is 60.9. The van der Waals surface area contributed by atoms with Crippen LogP contribution in [0.4, 0.5) is 0 Å². The molecule has 0 aromatic carbocycles. The van der Waals surface area contributed by atoms with E-state index in [1.165, 1.54) is 32.5 Å². The van der Waals surface area contributed by atoms with E-state index >= 15 is 0 Å². The Morgan fingerprint density at radius 3 is 1.19 bits per heavy atom. The average Bonchev–Trinajstić information content (AvgIpc) is 1.00. The Labute approximate surface area is 889 Å². The molecule has 22 rings (SSSR count). The van der Waals surface area contributed by atoms with Crippen molar-refractivity contribution >= 4 is 53.1 Å². The lowest BCUT2D eigenvalue weighted by Gasteiger charge is -2.72. The van der Waals surface area contributed by atoms with Crippen molar-refractivity contribution in [2.75, 3.05) is 28.4 Å². The number of carbonyl (C=O) groups is 8. The van der Waals surface area contributed by atoms with Gasteiger partial charge in [0, 0.05) is 76.1 Å². The predicted octanol–water partition coefficient (Wildman–Crippen LogP) is 24.7. The van der Waals surface area contributed by atoms with Gasteiger partial charge in [0.15, 0.2) is 5.78 Å². The molecule has 0 spiro atoms. The van der Waals surface area contributed by atoms with Crippen LogP contribution in [0.5, 0.6) is 0 Å². The summed E-state index contributed by atoms with van der Waals surface area (Å²) in [5, 5.41) is 44.9. The molecule has 5 heterocycles. The fraction of sp³-hybridized carbons (Fsp3) is 0.832. The second kappa shape index (κ2) is 36.6. The number of ether oxygens (including phenoxy) is 4. The maximum atomic E-state index is 13.8. The summed E-state index contributed by atoms with van der Waals surface area (Å²) in [6, 6.07) is 0.237. The zero-order valence-electron chi connectivity index (χ0n) is 96.1. The lowest BCUT2D eigenvalue weighted by atomic mass is 9.31. The fourth-order valence-corrected chi connectivity index (χ4v) is 44.0. The number of hydrogen-bond donors (Lipinski definition) is 5. The summed E-state index contributed by atoms with van der Waals surface area (Å²) in [6.07, 6.45) is 35.5. The number of aliphatic hydroxyl groups is 1. The number of amides is 3. The maximum Gasteiger partial charge on any atom is 0.312 e. The molecule has 0 bridgehead atoms. The number of hydrogen-bond acceptors (Lipinski definition) is 19. The molecule has 2 aromatic rings. The predicted molar refractivity (Wildman–Crippen MR) is 569 cm³/mol. The van der Waals surface area contributed by atoms with Gasteiger partial charge in [0.1, 0.15) is 17.3 Å². The minimum atomic E-state index is -0.619. The number of carbonyl (C=O) groups excluding carboxylic acids is 8. The summed E-state index contributed by atoms with van der Waals surface area (Å²) >= 11 is 0. The molecule has 820 valence electrons. The fourth-order valence-electron chi connectivity index (χ4n) is 44.0. The normalized spacial score (nSPS) is 46.3. The third kappa shape index (κ3) is 16.4. The van der Waals surface area contributed by atoms with E-state index in [1.54, 1.807) is 7.11 Å². The first-order valence-corrected chi connectivity index (χ1v) is 58.1. The number of fused-ring (bicyclic) bond motifs is 30. The van der Waals surface area contributed by atoms with Crippen LogP contribution in [-0.4, -0.2) is 120 Å². The number of Topliss-reactive ketones (excluding diaryl/α,β-unsaturated/α-hetero) is 1.